The van der Waals surface area contributed by atoms with Crippen LogP contribution in [0.5, 0.6) is 0 Å². The molecule has 2 heterocycles. The number of aromatic nitrogens is 1. The van der Waals surface area contributed by atoms with Crippen molar-refractivity contribution in [1.82, 2.24) is 4.37 Å². The predicted octanol–water partition coefficient (Wildman–Crippen LogP) is 2.66. The van der Waals surface area contributed by atoms with Gasteiger partial charge in [-0.3, -0.25) is 0 Å². The smallest absolute Gasteiger partial charge is 0.142 e. The number of hydrogen-bond donors (Lipinski definition) is 1. The van der Waals surface area contributed by atoms with Gasteiger partial charge in [-0.1, -0.05) is 13.8 Å². The van der Waals surface area contributed by atoms with Crippen molar-refractivity contribution in [2.75, 3.05) is 23.7 Å². The zero-order valence-electron chi connectivity index (χ0n) is 9.71. The van der Waals surface area contributed by atoms with E-state index >= 15 is 0 Å². The lowest BCUT2D eigenvalue weighted by Crippen LogP contribution is -2.37. The number of hydrogen-bond acceptors (Lipinski definition) is 4. The van der Waals surface area contributed by atoms with Crippen molar-refractivity contribution in [3.8, 4) is 0 Å². The molecular weight excluding hydrogens is 206 g/mol. The molecule has 1 aromatic rings. The first kappa shape index (κ1) is 10.7. The average molecular weight is 225 g/mol. The number of nitrogens with two attached hydrogens (primary N) is 1. The molecule has 0 spiro atoms. The molecule has 2 rings (SSSR count). The Morgan fingerprint density at radius 1 is 1.33 bits per heavy atom. The summed E-state index contributed by atoms with van der Waals surface area (Å²) in [7, 11) is 0. The van der Waals surface area contributed by atoms with Gasteiger partial charge in [0.25, 0.3) is 0 Å². The van der Waals surface area contributed by atoms with Gasteiger partial charge in [-0.15, -0.1) is 0 Å². The molecule has 0 unspecified atom stereocenters. The Morgan fingerprint density at radius 3 is 2.40 bits per heavy atom. The minimum atomic E-state index is 0.501. The Kier molecular flexibility index (Phi) is 2.63. The number of nitrogen functional groups attached to an aromatic ring is 1. The molecule has 1 fully saturated rings. The Morgan fingerprint density at radius 2 is 1.93 bits per heavy atom. The van der Waals surface area contributed by atoms with Crippen LogP contribution in [-0.2, 0) is 0 Å². The first-order valence-corrected chi connectivity index (χ1v) is 6.24. The molecule has 1 aromatic heterocycles. The minimum absolute atomic E-state index is 0.501. The van der Waals surface area contributed by atoms with Crippen LogP contribution in [0, 0.1) is 12.3 Å². The Hall–Kier alpha value is -0.770. The zero-order valence-corrected chi connectivity index (χ0v) is 10.5. The SMILES string of the molecule is Cc1c(N)nsc1N1CCC(C)(C)CC1. The molecule has 15 heavy (non-hydrogen) atoms. The quantitative estimate of drug-likeness (QED) is 0.799. The first-order valence-electron chi connectivity index (χ1n) is 5.46. The third kappa shape index (κ3) is 2.09. The van der Waals surface area contributed by atoms with Gasteiger partial charge in [-0.2, -0.15) is 4.37 Å². The van der Waals surface area contributed by atoms with Gasteiger partial charge in [0.1, 0.15) is 10.8 Å². The highest BCUT2D eigenvalue weighted by atomic mass is 32.1. The van der Waals surface area contributed by atoms with Crippen LogP contribution in [0.1, 0.15) is 32.3 Å². The maximum absolute atomic E-state index is 5.77. The Labute approximate surface area is 95.4 Å². The minimum Gasteiger partial charge on any atom is -0.383 e. The largest absolute Gasteiger partial charge is 0.383 e. The Bertz CT molecular complexity index is 347. The molecule has 0 amide bonds. The standard InChI is InChI=1S/C11H19N3S/c1-8-9(12)13-15-10(8)14-6-4-11(2,3)5-7-14/h4-7H2,1-3H3,(H2,12,13). The van der Waals surface area contributed by atoms with Crippen LogP contribution in [0.4, 0.5) is 10.8 Å². The maximum atomic E-state index is 5.77. The van der Waals surface area contributed by atoms with Crippen molar-refractivity contribution in [3.63, 3.8) is 0 Å². The number of rotatable bonds is 1. The van der Waals surface area contributed by atoms with Gasteiger partial charge in [0.15, 0.2) is 0 Å². The topological polar surface area (TPSA) is 42.1 Å². The van der Waals surface area contributed by atoms with Crippen LogP contribution in [0.15, 0.2) is 0 Å². The van der Waals surface area contributed by atoms with E-state index in [1.165, 1.54) is 29.4 Å². The highest BCUT2D eigenvalue weighted by Gasteiger charge is 2.27. The molecule has 0 radical (unpaired) electrons. The average Bonchev–Trinajstić information content (AvgIpc) is 2.49. The lowest BCUT2D eigenvalue weighted by molar-refractivity contribution is 0.280. The van der Waals surface area contributed by atoms with E-state index in [0.29, 0.717) is 11.2 Å². The van der Waals surface area contributed by atoms with Crippen LogP contribution in [0.3, 0.4) is 0 Å². The van der Waals surface area contributed by atoms with Gasteiger partial charge in [-0.25, -0.2) is 0 Å². The summed E-state index contributed by atoms with van der Waals surface area (Å²) in [6.07, 6.45) is 2.51. The normalized spacial score (nSPS) is 20.6. The van der Waals surface area contributed by atoms with E-state index < -0.39 is 0 Å². The summed E-state index contributed by atoms with van der Waals surface area (Å²) in [5.74, 6) is 0.694. The molecule has 84 valence electrons. The van der Waals surface area contributed by atoms with E-state index in [2.05, 4.69) is 30.0 Å². The molecule has 0 aromatic carbocycles. The van der Waals surface area contributed by atoms with Gasteiger partial charge in [0.05, 0.1) is 0 Å². The molecule has 3 nitrogen and oxygen atoms in total. The monoisotopic (exact) mass is 225 g/mol. The highest BCUT2D eigenvalue weighted by molar-refractivity contribution is 7.10. The molecule has 0 aliphatic carbocycles. The van der Waals surface area contributed by atoms with E-state index in [-0.39, 0.29) is 0 Å². The zero-order chi connectivity index (χ0) is 11.1. The van der Waals surface area contributed by atoms with Crippen molar-refractivity contribution in [2.45, 2.75) is 33.6 Å². The van der Waals surface area contributed by atoms with Crippen molar-refractivity contribution in [2.24, 2.45) is 5.41 Å². The fourth-order valence-corrected chi connectivity index (χ4v) is 2.81. The van der Waals surface area contributed by atoms with Gasteiger partial charge in [-0.05, 0) is 36.7 Å². The second kappa shape index (κ2) is 3.67. The second-order valence-corrected chi connectivity index (χ2v) is 5.90. The third-order valence-corrected chi connectivity index (χ3v) is 4.36. The second-order valence-electron chi connectivity index (χ2n) is 5.15. The maximum Gasteiger partial charge on any atom is 0.142 e. The summed E-state index contributed by atoms with van der Waals surface area (Å²) in [6.45, 7) is 9.02. The van der Waals surface area contributed by atoms with Crippen molar-refractivity contribution in [3.05, 3.63) is 5.56 Å². The van der Waals surface area contributed by atoms with Crippen LogP contribution >= 0.6 is 11.5 Å². The van der Waals surface area contributed by atoms with Gasteiger partial charge in [0.2, 0.25) is 0 Å². The van der Waals surface area contributed by atoms with Gasteiger partial charge >= 0.3 is 0 Å². The van der Waals surface area contributed by atoms with Crippen LogP contribution < -0.4 is 10.6 Å². The van der Waals surface area contributed by atoms with E-state index in [4.69, 9.17) is 5.73 Å². The van der Waals surface area contributed by atoms with Crippen molar-refractivity contribution < 1.29 is 0 Å². The van der Waals surface area contributed by atoms with Crippen LogP contribution in [-0.4, -0.2) is 17.5 Å². The molecule has 1 saturated heterocycles. The molecule has 1 aliphatic heterocycles. The van der Waals surface area contributed by atoms with E-state index in [0.717, 1.165) is 18.7 Å². The van der Waals surface area contributed by atoms with Gasteiger partial charge in [0, 0.05) is 18.7 Å². The Balaban J connectivity index is 2.11. The molecule has 0 atom stereocenters. The van der Waals surface area contributed by atoms with Crippen molar-refractivity contribution >= 4 is 22.4 Å². The summed E-state index contributed by atoms with van der Waals surface area (Å²) in [5, 5.41) is 1.27. The lowest BCUT2D eigenvalue weighted by Gasteiger charge is -2.37. The summed E-state index contributed by atoms with van der Waals surface area (Å²) >= 11 is 1.53. The molecular formula is C11H19N3S. The first-order chi connectivity index (χ1) is 6.99. The summed E-state index contributed by atoms with van der Waals surface area (Å²) in [5.41, 5.74) is 7.43. The van der Waals surface area contributed by atoms with Crippen molar-refractivity contribution in [1.29, 1.82) is 0 Å². The molecule has 4 heteroatoms. The fraction of sp³-hybridized carbons (Fsp3) is 0.727. The fourth-order valence-electron chi connectivity index (χ4n) is 1.95. The molecule has 0 saturated carbocycles. The van der Waals surface area contributed by atoms with Crippen LogP contribution in [0.2, 0.25) is 0 Å². The van der Waals surface area contributed by atoms with E-state index in [9.17, 15) is 0 Å². The van der Waals surface area contributed by atoms with E-state index in [1.807, 2.05) is 0 Å². The number of nitrogens with zero attached hydrogens (tertiary/aromatic N) is 2. The summed E-state index contributed by atoms with van der Waals surface area (Å²) in [4.78, 5) is 2.43. The summed E-state index contributed by atoms with van der Waals surface area (Å²) < 4.78 is 4.21. The highest BCUT2D eigenvalue weighted by Crippen LogP contribution is 2.36. The van der Waals surface area contributed by atoms with Crippen LogP contribution in [0.25, 0.3) is 0 Å². The summed E-state index contributed by atoms with van der Waals surface area (Å²) in [6, 6.07) is 0. The number of anilines is 2. The lowest BCUT2D eigenvalue weighted by atomic mass is 9.83. The third-order valence-electron chi connectivity index (χ3n) is 3.34. The predicted molar refractivity (Wildman–Crippen MR) is 66.5 cm³/mol. The number of piperidine rings is 1. The molecule has 2 N–H and O–H groups in total. The van der Waals surface area contributed by atoms with Gasteiger partial charge < -0.3 is 10.6 Å². The molecule has 1 aliphatic rings. The molecule has 0 bridgehead atoms. The van der Waals surface area contributed by atoms with E-state index in [1.54, 1.807) is 0 Å².